The van der Waals surface area contributed by atoms with Crippen molar-refractivity contribution in [1.29, 1.82) is 0 Å². The van der Waals surface area contributed by atoms with Crippen LogP contribution in [0.5, 0.6) is 0 Å². The minimum absolute atomic E-state index is 0.427. The highest BCUT2D eigenvalue weighted by atomic mass is 16.3. The molecule has 1 N–H and O–H groups in total. The van der Waals surface area contributed by atoms with E-state index in [1.807, 2.05) is 6.92 Å². The second-order valence-corrected chi connectivity index (χ2v) is 5.02. The molecular weight excluding hydrogens is 160 g/mol. The van der Waals surface area contributed by atoms with Gasteiger partial charge < -0.3 is 5.11 Å². The fourth-order valence-corrected chi connectivity index (χ4v) is 2.44. The molecule has 1 nitrogen and oxygen atoms in total. The van der Waals surface area contributed by atoms with Crippen LogP contribution in [0.3, 0.4) is 0 Å². The molecule has 1 rings (SSSR count). The molecule has 0 saturated heterocycles. The summed E-state index contributed by atoms with van der Waals surface area (Å²) in [5, 5.41) is 10.2. The van der Waals surface area contributed by atoms with E-state index in [4.69, 9.17) is 0 Å². The average Bonchev–Trinajstić information content (AvgIpc) is 2.54. The molecule has 2 unspecified atom stereocenters. The first-order chi connectivity index (χ1) is 6.06. The second-order valence-electron chi connectivity index (χ2n) is 5.02. The fraction of sp³-hybridized carbons (Fsp3) is 1.00. The van der Waals surface area contributed by atoms with Crippen LogP contribution < -0.4 is 0 Å². The molecule has 1 saturated carbocycles. The van der Waals surface area contributed by atoms with E-state index in [9.17, 15) is 5.11 Å². The van der Waals surface area contributed by atoms with Gasteiger partial charge in [-0.3, -0.25) is 0 Å². The second kappa shape index (κ2) is 4.45. The fourth-order valence-electron chi connectivity index (χ4n) is 2.44. The standard InChI is InChI=1S/C12H24O/c1-4-10(2)12(3,13)9-11-7-5-6-8-11/h10-11,13H,4-9H2,1-3H3. The molecule has 1 aliphatic rings. The van der Waals surface area contributed by atoms with E-state index in [0.29, 0.717) is 5.92 Å². The van der Waals surface area contributed by atoms with E-state index in [0.717, 1.165) is 18.8 Å². The van der Waals surface area contributed by atoms with Crippen molar-refractivity contribution in [3.05, 3.63) is 0 Å². The molecule has 1 aliphatic carbocycles. The molecule has 0 amide bonds. The van der Waals surface area contributed by atoms with Gasteiger partial charge in [-0.05, 0) is 25.2 Å². The van der Waals surface area contributed by atoms with E-state index in [2.05, 4.69) is 13.8 Å². The van der Waals surface area contributed by atoms with Crippen molar-refractivity contribution >= 4 is 0 Å². The van der Waals surface area contributed by atoms with Crippen LogP contribution >= 0.6 is 0 Å². The van der Waals surface area contributed by atoms with Crippen LogP contribution in [-0.2, 0) is 0 Å². The summed E-state index contributed by atoms with van der Waals surface area (Å²) in [6, 6.07) is 0. The Morgan fingerprint density at radius 1 is 1.38 bits per heavy atom. The van der Waals surface area contributed by atoms with Crippen molar-refractivity contribution < 1.29 is 5.11 Å². The molecule has 0 radical (unpaired) electrons. The van der Waals surface area contributed by atoms with Gasteiger partial charge in [-0.1, -0.05) is 46.0 Å². The number of aliphatic hydroxyl groups is 1. The summed E-state index contributed by atoms with van der Waals surface area (Å²) < 4.78 is 0. The third-order valence-electron chi connectivity index (χ3n) is 3.85. The Kier molecular flexibility index (Phi) is 3.78. The van der Waals surface area contributed by atoms with Gasteiger partial charge in [0.15, 0.2) is 0 Å². The van der Waals surface area contributed by atoms with E-state index >= 15 is 0 Å². The predicted molar refractivity (Wildman–Crippen MR) is 56.7 cm³/mol. The monoisotopic (exact) mass is 184 g/mol. The minimum Gasteiger partial charge on any atom is -0.390 e. The van der Waals surface area contributed by atoms with Crippen LogP contribution in [0.25, 0.3) is 0 Å². The first-order valence-electron chi connectivity index (χ1n) is 5.78. The Balaban J connectivity index is 2.40. The van der Waals surface area contributed by atoms with Crippen LogP contribution in [0.15, 0.2) is 0 Å². The number of rotatable bonds is 4. The lowest BCUT2D eigenvalue weighted by Gasteiger charge is -2.32. The van der Waals surface area contributed by atoms with Gasteiger partial charge in [0.25, 0.3) is 0 Å². The van der Waals surface area contributed by atoms with E-state index < -0.39 is 5.60 Å². The van der Waals surface area contributed by atoms with Gasteiger partial charge in [-0.2, -0.15) is 0 Å². The highest BCUT2D eigenvalue weighted by Gasteiger charge is 2.31. The Labute approximate surface area is 82.5 Å². The van der Waals surface area contributed by atoms with Crippen LogP contribution in [-0.4, -0.2) is 10.7 Å². The van der Waals surface area contributed by atoms with Crippen LogP contribution in [0.2, 0.25) is 0 Å². The van der Waals surface area contributed by atoms with Crippen LogP contribution in [0, 0.1) is 11.8 Å². The summed E-state index contributed by atoms with van der Waals surface area (Å²) in [5.74, 6) is 1.23. The normalized spacial score (nSPS) is 25.8. The molecule has 0 spiro atoms. The molecular formula is C12H24O. The maximum Gasteiger partial charge on any atom is 0.0647 e. The summed E-state index contributed by atoms with van der Waals surface area (Å²) in [5.41, 5.74) is -0.427. The molecule has 1 fully saturated rings. The molecule has 78 valence electrons. The highest BCUT2D eigenvalue weighted by molar-refractivity contribution is 4.83. The van der Waals surface area contributed by atoms with Crippen molar-refractivity contribution in [2.24, 2.45) is 11.8 Å². The Morgan fingerprint density at radius 3 is 2.38 bits per heavy atom. The zero-order valence-electron chi connectivity index (χ0n) is 9.34. The maximum atomic E-state index is 10.2. The molecule has 0 heterocycles. The van der Waals surface area contributed by atoms with Gasteiger partial charge in [-0.25, -0.2) is 0 Å². The van der Waals surface area contributed by atoms with E-state index in [1.165, 1.54) is 25.7 Å². The van der Waals surface area contributed by atoms with Crippen molar-refractivity contribution in [2.75, 3.05) is 0 Å². The molecule has 1 heteroatoms. The van der Waals surface area contributed by atoms with Crippen molar-refractivity contribution in [3.8, 4) is 0 Å². The molecule has 2 atom stereocenters. The first kappa shape index (κ1) is 11.0. The molecule has 0 bridgehead atoms. The zero-order chi connectivity index (χ0) is 9.90. The zero-order valence-corrected chi connectivity index (χ0v) is 9.34. The number of hydrogen-bond acceptors (Lipinski definition) is 1. The lowest BCUT2D eigenvalue weighted by atomic mass is 9.81. The summed E-state index contributed by atoms with van der Waals surface area (Å²) in [4.78, 5) is 0. The van der Waals surface area contributed by atoms with Gasteiger partial charge in [0, 0.05) is 0 Å². The first-order valence-corrected chi connectivity index (χ1v) is 5.78. The molecule has 0 aromatic rings. The van der Waals surface area contributed by atoms with Crippen molar-refractivity contribution in [3.63, 3.8) is 0 Å². The Morgan fingerprint density at radius 2 is 1.92 bits per heavy atom. The van der Waals surface area contributed by atoms with Crippen LogP contribution in [0.4, 0.5) is 0 Å². The Bertz CT molecular complexity index is 145. The lowest BCUT2D eigenvalue weighted by Crippen LogP contribution is -2.34. The Hall–Kier alpha value is -0.0400. The van der Waals surface area contributed by atoms with E-state index in [1.54, 1.807) is 0 Å². The van der Waals surface area contributed by atoms with Gasteiger partial charge in [0.2, 0.25) is 0 Å². The summed E-state index contributed by atoms with van der Waals surface area (Å²) in [7, 11) is 0. The summed E-state index contributed by atoms with van der Waals surface area (Å²) >= 11 is 0. The maximum absolute atomic E-state index is 10.2. The third kappa shape index (κ3) is 2.98. The van der Waals surface area contributed by atoms with E-state index in [-0.39, 0.29) is 0 Å². The molecule has 0 aromatic carbocycles. The van der Waals surface area contributed by atoms with Gasteiger partial charge in [0.1, 0.15) is 0 Å². The average molecular weight is 184 g/mol. The summed E-state index contributed by atoms with van der Waals surface area (Å²) in [6.07, 6.45) is 7.53. The summed E-state index contributed by atoms with van der Waals surface area (Å²) in [6.45, 7) is 6.34. The lowest BCUT2D eigenvalue weighted by molar-refractivity contribution is -0.0165. The SMILES string of the molecule is CCC(C)C(C)(O)CC1CCCC1. The van der Waals surface area contributed by atoms with Gasteiger partial charge >= 0.3 is 0 Å². The molecule has 0 aromatic heterocycles. The van der Waals surface area contributed by atoms with Crippen molar-refractivity contribution in [1.82, 2.24) is 0 Å². The van der Waals surface area contributed by atoms with Gasteiger partial charge in [-0.15, -0.1) is 0 Å². The van der Waals surface area contributed by atoms with Crippen LogP contribution in [0.1, 0.15) is 59.3 Å². The van der Waals surface area contributed by atoms with Crippen molar-refractivity contribution in [2.45, 2.75) is 64.9 Å². The largest absolute Gasteiger partial charge is 0.390 e. The minimum atomic E-state index is -0.427. The third-order valence-corrected chi connectivity index (χ3v) is 3.85. The smallest absolute Gasteiger partial charge is 0.0647 e. The predicted octanol–water partition coefficient (Wildman–Crippen LogP) is 3.36. The number of hydrogen-bond donors (Lipinski definition) is 1. The quantitative estimate of drug-likeness (QED) is 0.710. The molecule has 0 aliphatic heterocycles. The van der Waals surface area contributed by atoms with Gasteiger partial charge in [0.05, 0.1) is 5.60 Å². The molecule has 13 heavy (non-hydrogen) atoms. The highest BCUT2D eigenvalue weighted by Crippen LogP contribution is 2.35. The topological polar surface area (TPSA) is 20.2 Å².